The second kappa shape index (κ2) is 6.17. The summed E-state index contributed by atoms with van der Waals surface area (Å²) in [5, 5.41) is 5.19. The quantitative estimate of drug-likeness (QED) is 0.785. The van der Waals surface area contributed by atoms with Crippen molar-refractivity contribution in [3.63, 3.8) is 0 Å². The van der Waals surface area contributed by atoms with Gasteiger partial charge in [-0.05, 0) is 36.4 Å². The van der Waals surface area contributed by atoms with Crippen molar-refractivity contribution in [3.05, 3.63) is 52.0 Å². The zero-order chi connectivity index (χ0) is 16.5. The van der Waals surface area contributed by atoms with E-state index in [1.165, 1.54) is 30.3 Å². The molecular weight excluding hydrogens is 416 g/mol. The largest absolute Gasteiger partial charge is 0.278 e. The molecule has 0 amide bonds. The van der Waals surface area contributed by atoms with E-state index in [-0.39, 0.29) is 20.5 Å². The Kier molecular flexibility index (Phi) is 4.83. The first kappa shape index (κ1) is 17.2. The maximum absolute atomic E-state index is 12.3. The summed E-state index contributed by atoms with van der Waals surface area (Å²) < 4.78 is 50.2. The SMILES string of the molecule is NS(=O)(=O)c1cccc(S(=O)(=O)Nc2ccc(Br)cc2Cl)c1. The van der Waals surface area contributed by atoms with E-state index in [0.29, 0.717) is 4.47 Å². The van der Waals surface area contributed by atoms with E-state index in [2.05, 4.69) is 20.7 Å². The van der Waals surface area contributed by atoms with Crippen LogP contribution in [0.4, 0.5) is 5.69 Å². The van der Waals surface area contributed by atoms with Crippen molar-refractivity contribution in [1.29, 1.82) is 0 Å². The van der Waals surface area contributed by atoms with Crippen LogP contribution >= 0.6 is 27.5 Å². The minimum atomic E-state index is -4.00. The number of nitrogens with two attached hydrogens (primary N) is 1. The molecule has 0 bridgehead atoms. The van der Waals surface area contributed by atoms with E-state index in [1.807, 2.05) is 0 Å². The van der Waals surface area contributed by atoms with Crippen molar-refractivity contribution < 1.29 is 16.8 Å². The molecular formula is C12H10BrClN2O4S2. The van der Waals surface area contributed by atoms with Gasteiger partial charge in [-0.1, -0.05) is 33.6 Å². The van der Waals surface area contributed by atoms with Gasteiger partial charge >= 0.3 is 0 Å². The Hall–Kier alpha value is -1.13. The summed E-state index contributed by atoms with van der Waals surface area (Å²) in [5.41, 5.74) is 0.172. The highest BCUT2D eigenvalue weighted by Crippen LogP contribution is 2.28. The summed E-state index contributed by atoms with van der Waals surface area (Å²) in [6.07, 6.45) is 0. The topological polar surface area (TPSA) is 106 Å². The van der Waals surface area contributed by atoms with Gasteiger partial charge in [-0.3, -0.25) is 4.72 Å². The van der Waals surface area contributed by atoms with Crippen LogP contribution in [0.5, 0.6) is 0 Å². The highest BCUT2D eigenvalue weighted by molar-refractivity contribution is 9.10. The fourth-order valence-corrected chi connectivity index (χ4v) is 4.13. The molecule has 0 saturated carbocycles. The Morgan fingerprint density at radius 1 is 1.00 bits per heavy atom. The number of primary sulfonamides is 1. The van der Waals surface area contributed by atoms with Crippen LogP contribution in [-0.2, 0) is 20.0 Å². The van der Waals surface area contributed by atoms with Gasteiger partial charge in [0.15, 0.2) is 0 Å². The number of hydrogen-bond donors (Lipinski definition) is 2. The number of anilines is 1. The Labute approximate surface area is 141 Å². The average Bonchev–Trinajstić information content (AvgIpc) is 2.41. The van der Waals surface area contributed by atoms with Crippen LogP contribution in [0.1, 0.15) is 0 Å². The third kappa shape index (κ3) is 3.99. The molecule has 118 valence electrons. The van der Waals surface area contributed by atoms with Gasteiger partial charge in [0.2, 0.25) is 10.0 Å². The lowest BCUT2D eigenvalue weighted by atomic mass is 10.3. The van der Waals surface area contributed by atoms with Crippen molar-refractivity contribution in [2.75, 3.05) is 4.72 Å². The molecule has 10 heteroatoms. The molecule has 6 nitrogen and oxygen atoms in total. The number of hydrogen-bond acceptors (Lipinski definition) is 4. The average molecular weight is 426 g/mol. The zero-order valence-electron chi connectivity index (χ0n) is 10.8. The fourth-order valence-electron chi connectivity index (χ4n) is 1.59. The number of sulfonamides is 2. The summed E-state index contributed by atoms with van der Waals surface area (Å²) in [5.74, 6) is 0. The first-order valence-electron chi connectivity index (χ1n) is 5.70. The molecule has 2 rings (SSSR count). The Morgan fingerprint density at radius 2 is 1.64 bits per heavy atom. The molecule has 0 aromatic heterocycles. The van der Waals surface area contributed by atoms with E-state index in [0.717, 1.165) is 6.07 Å². The third-order valence-electron chi connectivity index (χ3n) is 2.62. The number of halogens is 2. The van der Waals surface area contributed by atoms with Crippen molar-refractivity contribution in [2.45, 2.75) is 9.79 Å². The smallest absolute Gasteiger partial charge is 0.261 e. The molecule has 0 spiro atoms. The fraction of sp³-hybridized carbons (Fsp3) is 0. The molecule has 22 heavy (non-hydrogen) atoms. The zero-order valence-corrected chi connectivity index (χ0v) is 14.8. The molecule has 0 aliphatic rings. The van der Waals surface area contributed by atoms with Crippen molar-refractivity contribution in [2.24, 2.45) is 5.14 Å². The van der Waals surface area contributed by atoms with Gasteiger partial charge in [0.25, 0.3) is 10.0 Å². The van der Waals surface area contributed by atoms with Gasteiger partial charge in [0.05, 0.1) is 20.5 Å². The van der Waals surface area contributed by atoms with Crippen LogP contribution < -0.4 is 9.86 Å². The number of nitrogens with one attached hydrogen (secondary N) is 1. The molecule has 2 aromatic carbocycles. The first-order valence-corrected chi connectivity index (χ1v) is 9.90. The van der Waals surface area contributed by atoms with E-state index in [1.54, 1.807) is 6.07 Å². The van der Waals surface area contributed by atoms with Crippen molar-refractivity contribution in [1.82, 2.24) is 0 Å². The highest BCUT2D eigenvalue weighted by atomic mass is 79.9. The minimum Gasteiger partial charge on any atom is -0.278 e. The molecule has 0 aliphatic carbocycles. The van der Waals surface area contributed by atoms with E-state index < -0.39 is 20.0 Å². The first-order chi connectivity index (χ1) is 10.1. The number of rotatable bonds is 4. The lowest BCUT2D eigenvalue weighted by Gasteiger charge is -2.10. The monoisotopic (exact) mass is 424 g/mol. The Balaban J connectivity index is 2.43. The summed E-state index contributed by atoms with van der Waals surface area (Å²) in [6.45, 7) is 0. The predicted molar refractivity (Wildman–Crippen MR) is 87.8 cm³/mol. The molecule has 0 heterocycles. The second-order valence-electron chi connectivity index (χ2n) is 4.25. The maximum Gasteiger partial charge on any atom is 0.261 e. The standard InChI is InChI=1S/C12H10BrClN2O4S2/c13-8-4-5-12(11(14)6-8)16-22(19,20)10-3-1-2-9(7-10)21(15,17)18/h1-7,16H,(H2,15,17,18). The minimum absolute atomic E-state index is 0.172. The number of benzene rings is 2. The molecule has 0 unspecified atom stereocenters. The van der Waals surface area contributed by atoms with Crippen LogP contribution in [0.3, 0.4) is 0 Å². The second-order valence-corrected chi connectivity index (χ2v) is 8.82. The van der Waals surface area contributed by atoms with Crippen molar-refractivity contribution >= 4 is 53.3 Å². The molecule has 0 fully saturated rings. The summed E-state index contributed by atoms with van der Waals surface area (Å²) in [6, 6.07) is 9.35. The Bertz CT molecular complexity index is 930. The van der Waals surface area contributed by atoms with Crippen LogP contribution in [-0.4, -0.2) is 16.8 Å². The third-order valence-corrected chi connectivity index (χ3v) is 5.70. The summed E-state index contributed by atoms with van der Waals surface area (Å²) in [4.78, 5) is -0.532. The van der Waals surface area contributed by atoms with Gasteiger partial charge in [-0.25, -0.2) is 22.0 Å². The van der Waals surface area contributed by atoms with Gasteiger partial charge < -0.3 is 0 Å². The van der Waals surface area contributed by atoms with Gasteiger partial charge in [0, 0.05) is 4.47 Å². The lowest BCUT2D eigenvalue weighted by molar-refractivity contribution is 0.597. The van der Waals surface area contributed by atoms with Gasteiger partial charge in [0.1, 0.15) is 0 Å². The van der Waals surface area contributed by atoms with Gasteiger partial charge in [-0.2, -0.15) is 0 Å². The van der Waals surface area contributed by atoms with Crippen LogP contribution in [0.2, 0.25) is 5.02 Å². The maximum atomic E-state index is 12.3. The van der Waals surface area contributed by atoms with Crippen LogP contribution in [0.25, 0.3) is 0 Å². The normalized spacial score (nSPS) is 12.1. The molecule has 0 aliphatic heterocycles. The summed E-state index contributed by atoms with van der Waals surface area (Å²) >= 11 is 9.16. The van der Waals surface area contributed by atoms with E-state index >= 15 is 0 Å². The molecule has 0 saturated heterocycles. The Morgan fingerprint density at radius 3 is 2.23 bits per heavy atom. The van der Waals surface area contributed by atoms with Crippen LogP contribution in [0, 0.1) is 0 Å². The lowest BCUT2D eigenvalue weighted by Crippen LogP contribution is -2.16. The predicted octanol–water partition coefficient (Wildman–Crippen LogP) is 2.55. The highest BCUT2D eigenvalue weighted by Gasteiger charge is 2.18. The van der Waals surface area contributed by atoms with E-state index in [4.69, 9.17) is 16.7 Å². The molecule has 3 N–H and O–H groups in total. The van der Waals surface area contributed by atoms with Crippen LogP contribution in [0.15, 0.2) is 56.7 Å². The van der Waals surface area contributed by atoms with E-state index in [9.17, 15) is 16.8 Å². The molecule has 2 aromatic rings. The molecule has 0 radical (unpaired) electrons. The van der Waals surface area contributed by atoms with Crippen molar-refractivity contribution in [3.8, 4) is 0 Å². The summed E-state index contributed by atoms with van der Waals surface area (Å²) in [7, 11) is -8.00. The molecule has 0 atom stereocenters. The van der Waals surface area contributed by atoms with Gasteiger partial charge in [-0.15, -0.1) is 0 Å².